The number of hydrogen-bond donors (Lipinski definition) is 0. The topological polar surface area (TPSA) is 0 Å². The summed E-state index contributed by atoms with van der Waals surface area (Å²) in [6.45, 7) is 0. The second-order valence-corrected chi connectivity index (χ2v) is 2.42. The van der Waals surface area contributed by atoms with Gasteiger partial charge in [-0.25, -0.2) is 0 Å². The van der Waals surface area contributed by atoms with Crippen molar-refractivity contribution in [3.63, 3.8) is 0 Å². The van der Waals surface area contributed by atoms with Gasteiger partial charge >= 0.3 is 0 Å². The maximum Gasteiger partial charge on any atom is 0.0323 e. The molecule has 0 aliphatic carbocycles. The quantitative estimate of drug-likeness (QED) is 0.375. The largest absolute Gasteiger partial charge is 0.0323 e. The van der Waals surface area contributed by atoms with Crippen molar-refractivity contribution in [1.29, 1.82) is 0 Å². The first-order valence-electron chi connectivity index (χ1n) is 0.825. The first-order valence-corrected chi connectivity index (χ1v) is 2.97. The molecule has 1 aliphatic heterocycles. The highest BCUT2D eigenvalue weighted by Gasteiger charge is 1.86. The Morgan fingerprint density at radius 3 is 1.75 bits per heavy atom. The van der Waals surface area contributed by atoms with Gasteiger partial charge in [0.1, 0.15) is 0 Å². The monoisotopic (exact) mass is 87.9 g/mol. The predicted molar refractivity (Wildman–Crippen MR) is 22.5 cm³/mol. The lowest BCUT2D eigenvalue weighted by atomic mass is 11.4. The van der Waals surface area contributed by atoms with Gasteiger partial charge in [-0.05, 0) is 21.7 Å². The average molecular weight is 88.2 g/mol. The van der Waals surface area contributed by atoms with Gasteiger partial charge in [-0.2, -0.15) is 0 Å². The maximum absolute atomic E-state index is 4.54. The zero-order valence-corrected chi connectivity index (χ0v) is 3.45. The fourth-order valence-electron chi connectivity index (χ4n) is 0.0170. The molecule has 0 aromatic carbocycles. The van der Waals surface area contributed by atoms with Crippen molar-refractivity contribution in [2.75, 3.05) is 0 Å². The standard InChI is InChI=1S/C2S2/c3-4-1-2-4. The van der Waals surface area contributed by atoms with E-state index in [1.165, 1.54) is 0 Å². The Balaban J connectivity index is 2.88. The van der Waals surface area contributed by atoms with Gasteiger partial charge in [-0.1, -0.05) is 0 Å². The average Bonchev–Trinajstić information content (AvgIpc) is 1.75. The van der Waals surface area contributed by atoms with Gasteiger partial charge in [-0.15, -0.1) is 0 Å². The van der Waals surface area contributed by atoms with Gasteiger partial charge in [0.05, 0.1) is 0 Å². The summed E-state index contributed by atoms with van der Waals surface area (Å²) < 4.78 is 0. The lowest BCUT2D eigenvalue weighted by Gasteiger charge is -1.37. The van der Waals surface area contributed by atoms with E-state index < -0.39 is 0 Å². The molecule has 0 unspecified atom stereocenters. The molecule has 1 rings (SSSR count). The summed E-state index contributed by atoms with van der Waals surface area (Å²) in [6.07, 6.45) is 0. The fourth-order valence-corrected chi connectivity index (χ4v) is 0.459. The highest BCUT2D eigenvalue weighted by atomic mass is 32.8. The Hall–Kier alpha value is 0.130. The molecule has 0 saturated carbocycles. The van der Waals surface area contributed by atoms with Crippen molar-refractivity contribution in [1.82, 2.24) is 0 Å². The summed E-state index contributed by atoms with van der Waals surface area (Å²) in [5.74, 6) is 0. The van der Waals surface area contributed by atoms with Crippen LogP contribution in [0.4, 0.5) is 0 Å². The van der Waals surface area contributed by atoms with E-state index in [0.29, 0.717) is 0 Å². The van der Waals surface area contributed by atoms with E-state index in [1.807, 2.05) is 0 Å². The molecule has 0 radical (unpaired) electrons. The van der Waals surface area contributed by atoms with Gasteiger partial charge in [0.25, 0.3) is 0 Å². The summed E-state index contributed by atoms with van der Waals surface area (Å²) >= 11 is 4.54. The highest BCUT2D eigenvalue weighted by Crippen LogP contribution is 1.85. The van der Waals surface area contributed by atoms with Crippen molar-refractivity contribution < 1.29 is 0 Å². The number of rotatable bonds is 0. The molecule has 0 amide bonds. The molecule has 0 bridgehead atoms. The van der Waals surface area contributed by atoms with Crippen molar-refractivity contribution >= 4 is 20.6 Å². The summed E-state index contributed by atoms with van der Waals surface area (Å²) in [5, 5.41) is 5.38. The van der Waals surface area contributed by atoms with E-state index in [4.69, 9.17) is 0 Å². The minimum absolute atomic E-state index is 0.0278. The Morgan fingerprint density at radius 1 is 1.50 bits per heavy atom. The maximum atomic E-state index is 4.54. The minimum Gasteiger partial charge on any atom is -0.0243 e. The summed E-state index contributed by atoms with van der Waals surface area (Å²) in [4.78, 5) is 0. The summed E-state index contributed by atoms with van der Waals surface area (Å²) in [7, 11) is -0.0278. The second-order valence-electron chi connectivity index (χ2n) is 0.473. The van der Waals surface area contributed by atoms with Crippen LogP contribution in [0.5, 0.6) is 0 Å². The SMILES string of the molecule is S=S1C#C1. The molecule has 0 atom stereocenters. The first kappa shape index (κ1) is 2.37. The first-order chi connectivity index (χ1) is 1.89. The Morgan fingerprint density at radius 2 is 1.75 bits per heavy atom. The molecule has 0 fully saturated rings. The van der Waals surface area contributed by atoms with Gasteiger partial charge in [0, 0.05) is 9.45 Å². The fraction of sp³-hybridized carbons (Fsp3) is 0. The van der Waals surface area contributed by atoms with Crippen LogP contribution in [0.25, 0.3) is 0 Å². The number of hydrogen-bond acceptors (Lipinski definition) is 1. The van der Waals surface area contributed by atoms with E-state index in [9.17, 15) is 0 Å². The van der Waals surface area contributed by atoms with Gasteiger partial charge in [0.2, 0.25) is 0 Å². The van der Waals surface area contributed by atoms with E-state index in [0.717, 1.165) is 0 Å². The van der Waals surface area contributed by atoms with E-state index >= 15 is 0 Å². The van der Waals surface area contributed by atoms with E-state index in [-0.39, 0.29) is 9.45 Å². The van der Waals surface area contributed by atoms with Gasteiger partial charge in [-0.3, -0.25) is 0 Å². The zero-order chi connectivity index (χ0) is 2.99. The van der Waals surface area contributed by atoms with E-state index in [2.05, 4.69) is 21.7 Å². The van der Waals surface area contributed by atoms with Crippen molar-refractivity contribution in [3.05, 3.63) is 0 Å². The molecule has 0 N–H and O–H groups in total. The van der Waals surface area contributed by atoms with Crippen LogP contribution in [-0.4, -0.2) is 0 Å². The second kappa shape index (κ2) is 0.540. The predicted octanol–water partition coefficient (Wildman–Crippen LogP) is -0.00140. The van der Waals surface area contributed by atoms with Crippen molar-refractivity contribution in [2.45, 2.75) is 0 Å². The van der Waals surface area contributed by atoms with Crippen LogP contribution < -0.4 is 0 Å². The highest BCUT2D eigenvalue weighted by molar-refractivity contribution is 8.37. The van der Waals surface area contributed by atoms with Crippen LogP contribution in [0.2, 0.25) is 0 Å². The molecule has 0 aromatic heterocycles. The van der Waals surface area contributed by atoms with Crippen molar-refractivity contribution in [3.8, 4) is 10.5 Å². The molecule has 4 heavy (non-hydrogen) atoms. The van der Waals surface area contributed by atoms with Gasteiger partial charge < -0.3 is 0 Å². The van der Waals surface area contributed by atoms with Crippen LogP contribution >= 0.6 is 0 Å². The normalized spacial score (nSPS) is 18.0. The Bertz CT molecular complexity index is 92.9. The van der Waals surface area contributed by atoms with Crippen LogP contribution in [-0.2, 0) is 20.6 Å². The lowest BCUT2D eigenvalue weighted by Crippen LogP contribution is -1.38. The molecular formula is C2S2. The molecule has 0 saturated heterocycles. The molecular weight excluding hydrogens is 88.2 g/mol. The molecule has 2 heteroatoms. The third kappa shape index (κ3) is 0.278. The van der Waals surface area contributed by atoms with Crippen LogP contribution in [0.1, 0.15) is 0 Å². The zero-order valence-electron chi connectivity index (χ0n) is 1.82. The third-order valence-corrected chi connectivity index (χ3v) is 1.06. The van der Waals surface area contributed by atoms with Crippen LogP contribution in [0, 0.1) is 10.5 Å². The lowest BCUT2D eigenvalue weighted by molar-refractivity contribution is 3.31. The smallest absolute Gasteiger partial charge is 0.0243 e. The molecule has 0 spiro atoms. The molecule has 20 valence electrons. The molecule has 1 heterocycles. The Kier molecular flexibility index (Phi) is 0.320. The molecule has 0 aromatic rings. The van der Waals surface area contributed by atoms with Gasteiger partial charge in [0.15, 0.2) is 0 Å². The molecule has 1 aliphatic rings. The summed E-state index contributed by atoms with van der Waals surface area (Å²) in [5.41, 5.74) is 0. The van der Waals surface area contributed by atoms with Crippen LogP contribution in [0.3, 0.4) is 0 Å². The van der Waals surface area contributed by atoms with Crippen molar-refractivity contribution in [2.24, 2.45) is 0 Å². The third-order valence-electron chi connectivity index (χ3n) is 0.185. The Labute approximate surface area is 31.8 Å². The van der Waals surface area contributed by atoms with Crippen LogP contribution in [0.15, 0.2) is 0 Å². The minimum atomic E-state index is -0.0278. The molecule has 0 nitrogen and oxygen atoms in total. The van der Waals surface area contributed by atoms with E-state index in [1.54, 1.807) is 0 Å². The summed E-state index contributed by atoms with van der Waals surface area (Å²) in [6, 6.07) is 0.